The Morgan fingerprint density at radius 3 is 2.95 bits per heavy atom. The van der Waals surface area contributed by atoms with Gasteiger partial charge in [-0.05, 0) is 18.2 Å². The van der Waals surface area contributed by atoms with Crippen LogP contribution in [0.5, 0.6) is 5.75 Å². The monoisotopic (exact) mass is 306 g/mol. The minimum Gasteiger partial charge on any atom is -0.505 e. The van der Waals surface area contributed by atoms with Crippen molar-refractivity contribution in [2.24, 2.45) is 0 Å². The van der Waals surface area contributed by atoms with Gasteiger partial charge in [0.25, 0.3) is 5.91 Å². The van der Waals surface area contributed by atoms with E-state index in [4.69, 9.17) is 11.6 Å². The highest BCUT2D eigenvalue weighted by Gasteiger charge is 2.16. The molecule has 2 heterocycles. The van der Waals surface area contributed by atoms with E-state index in [9.17, 15) is 9.90 Å². The van der Waals surface area contributed by atoms with Crippen LogP contribution < -0.4 is 5.32 Å². The van der Waals surface area contributed by atoms with Gasteiger partial charge < -0.3 is 10.4 Å². The second-order valence-electron chi connectivity index (χ2n) is 3.90. The van der Waals surface area contributed by atoms with Crippen molar-refractivity contribution < 1.29 is 9.90 Å². The van der Waals surface area contributed by atoms with Crippen molar-refractivity contribution in [3.8, 4) is 5.75 Å². The van der Waals surface area contributed by atoms with E-state index in [0.29, 0.717) is 21.7 Å². The van der Waals surface area contributed by atoms with Crippen LogP contribution in [0.4, 0.5) is 5.69 Å². The third-order valence-electron chi connectivity index (χ3n) is 2.66. The maximum atomic E-state index is 12.2. The fraction of sp³-hybridized carbons (Fsp3) is 0. The predicted octanol–water partition coefficient (Wildman–Crippen LogP) is 2.70. The number of benzene rings is 1. The van der Waals surface area contributed by atoms with Crippen molar-refractivity contribution in [3.63, 3.8) is 0 Å². The normalized spacial score (nSPS) is 10.7. The van der Waals surface area contributed by atoms with Gasteiger partial charge in [0.15, 0.2) is 0 Å². The number of carbonyl (C=O) groups is 1. The number of aromatic hydroxyl groups is 1. The molecule has 0 saturated heterocycles. The summed E-state index contributed by atoms with van der Waals surface area (Å²) < 4.78 is 8.18. The second-order valence-corrected chi connectivity index (χ2v) is 4.84. The van der Waals surface area contributed by atoms with Crippen LogP contribution in [-0.2, 0) is 0 Å². The molecule has 0 fully saturated rings. The Labute approximate surface area is 122 Å². The van der Waals surface area contributed by atoms with Crippen LogP contribution in [0.25, 0.3) is 11.0 Å². The van der Waals surface area contributed by atoms with Crippen LogP contribution in [0.15, 0.2) is 30.6 Å². The van der Waals surface area contributed by atoms with Gasteiger partial charge in [0.05, 0.1) is 34.2 Å². The van der Waals surface area contributed by atoms with E-state index in [0.717, 1.165) is 11.7 Å². The van der Waals surface area contributed by atoms with Crippen LogP contribution in [0.1, 0.15) is 10.4 Å². The van der Waals surface area contributed by atoms with Gasteiger partial charge in [-0.25, -0.2) is 0 Å². The molecule has 0 aliphatic rings. The third kappa shape index (κ3) is 2.17. The highest BCUT2D eigenvalue weighted by atomic mass is 35.5. The van der Waals surface area contributed by atoms with E-state index in [2.05, 4.69) is 19.0 Å². The Bertz CT molecular complexity index is 805. The highest BCUT2D eigenvalue weighted by molar-refractivity contribution is 7.00. The Hall–Kier alpha value is -2.25. The van der Waals surface area contributed by atoms with Gasteiger partial charge in [-0.2, -0.15) is 8.75 Å². The van der Waals surface area contributed by atoms with Crippen molar-refractivity contribution >= 4 is 46.0 Å². The number of hydrogen-bond acceptors (Lipinski definition) is 6. The van der Waals surface area contributed by atoms with Crippen molar-refractivity contribution in [2.75, 3.05) is 5.32 Å². The first-order valence-corrected chi connectivity index (χ1v) is 6.63. The maximum Gasteiger partial charge on any atom is 0.259 e. The molecule has 0 atom stereocenters. The van der Waals surface area contributed by atoms with Crippen LogP contribution in [-0.4, -0.2) is 24.7 Å². The van der Waals surface area contributed by atoms with E-state index in [1.54, 1.807) is 12.1 Å². The van der Waals surface area contributed by atoms with Gasteiger partial charge in [-0.15, -0.1) is 0 Å². The molecular formula is C12H7ClN4O2S. The summed E-state index contributed by atoms with van der Waals surface area (Å²) >= 11 is 7.11. The lowest BCUT2D eigenvalue weighted by molar-refractivity contribution is 0.102. The van der Waals surface area contributed by atoms with E-state index >= 15 is 0 Å². The van der Waals surface area contributed by atoms with E-state index < -0.39 is 5.91 Å². The number of rotatable bonds is 2. The van der Waals surface area contributed by atoms with Crippen molar-refractivity contribution in [3.05, 3.63) is 41.2 Å². The first-order valence-electron chi connectivity index (χ1n) is 5.52. The molecule has 100 valence electrons. The minimum atomic E-state index is -0.493. The van der Waals surface area contributed by atoms with Gasteiger partial charge in [-0.3, -0.25) is 9.78 Å². The highest BCUT2D eigenvalue weighted by Crippen LogP contribution is 2.30. The average Bonchev–Trinajstić information content (AvgIpc) is 2.91. The number of fused-ring (bicyclic) bond motifs is 1. The topological polar surface area (TPSA) is 88.0 Å². The molecule has 2 N–H and O–H groups in total. The number of aromatic nitrogens is 3. The van der Waals surface area contributed by atoms with Crippen LogP contribution in [0, 0.1) is 0 Å². The molecule has 8 heteroatoms. The molecule has 0 unspecified atom stereocenters. The number of amides is 1. The number of halogens is 1. The van der Waals surface area contributed by atoms with Crippen LogP contribution in [0.3, 0.4) is 0 Å². The lowest BCUT2D eigenvalue weighted by atomic mass is 10.2. The van der Waals surface area contributed by atoms with Crippen LogP contribution >= 0.6 is 23.3 Å². The van der Waals surface area contributed by atoms with Gasteiger partial charge >= 0.3 is 0 Å². The molecule has 0 spiro atoms. The Morgan fingerprint density at radius 2 is 2.15 bits per heavy atom. The third-order valence-corrected chi connectivity index (χ3v) is 3.52. The molecule has 1 aromatic carbocycles. The Morgan fingerprint density at radius 1 is 1.30 bits per heavy atom. The van der Waals surface area contributed by atoms with Gasteiger partial charge in [0, 0.05) is 6.20 Å². The zero-order valence-corrected chi connectivity index (χ0v) is 11.4. The maximum absolute atomic E-state index is 12.2. The number of carbonyl (C=O) groups excluding carboxylic acids is 1. The molecule has 0 bridgehead atoms. The largest absolute Gasteiger partial charge is 0.505 e. The number of anilines is 1. The summed E-state index contributed by atoms with van der Waals surface area (Å²) in [6.07, 6.45) is 2.61. The molecule has 0 saturated carbocycles. The Kier molecular flexibility index (Phi) is 3.21. The fourth-order valence-electron chi connectivity index (χ4n) is 1.70. The first-order chi connectivity index (χ1) is 9.66. The standard InChI is InChI=1S/C12H7ClN4O2S/c13-7-1-2-8-11(17-20-16-8)10(7)15-12(19)6-3-4-14-5-9(6)18/h1-5,18H,(H,15,19). The quantitative estimate of drug-likeness (QED) is 0.760. The molecule has 3 rings (SSSR count). The molecule has 1 amide bonds. The molecule has 0 aliphatic heterocycles. The van der Waals surface area contributed by atoms with Gasteiger partial charge in [-0.1, -0.05) is 11.6 Å². The molecule has 6 nitrogen and oxygen atoms in total. The van der Waals surface area contributed by atoms with Crippen molar-refractivity contribution in [2.45, 2.75) is 0 Å². The average molecular weight is 307 g/mol. The lowest BCUT2D eigenvalue weighted by Crippen LogP contribution is -2.13. The summed E-state index contributed by atoms with van der Waals surface area (Å²) in [7, 11) is 0. The SMILES string of the molecule is O=C(Nc1c(Cl)ccc2nsnc12)c1ccncc1O. The zero-order chi connectivity index (χ0) is 14.1. The number of pyridine rings is 1. The summed E-state index contributed by atoms with van der Waals surface area (Å²) in [6.45, 7) is 0. The lowest BCUT2D eigenvalue weighted by Gasteiger charge is -2.08. The summed E-state index contributed by atoms with van der Waals surface area (Å²) in [6, 6.07) is 4.77. The molecule has 0 aliphatic carbocycles. The second kappa shape index (κ2) is 5.03. The molecule has 20 heavy (non-hydrogen) atoms. The minimum absolute atomic E-state index is 0.108. The smallest absolute Gasteiger partial charge is 0.259 e. The molecular weight excluding hydrogens is 300 g/mol. The molecule has 2 aromatic heterocycles. The van der Waals surface area contributed by atoms with Crippen LogP contribution in [0.2, 0.25) is 5.02 Å². The summed E-state index contributed by atoms with van der Waals surface area (Å²) in [4.78, 5) is 15.9. The van der Waals surface area contributed by atoms with E-state index in [1.807, 2.05) is 0 Å². The number of nitrogens with one attached hydrogen (secondary N) is 1. The predicted molar refractivity (Wildman–Crippen MR) is 76.3 cm³/mol. The molecule has 0 radical (unpaired) electrons. The van der Waals surface area contributed by atoms with Gasteiger partial charge in [0.1, 0.15) is 16.8 Å². The fourth-order valence-corrected chi connectivity index (χ4v) is 2.45. The first kappa shape index (κ1) is 12.8. The summed E-state index contributed by atoms with van der Waals surface area (Å²) in [5.74, 6) is -0.697. The summed E-state index contributed by atoms with van der Waals surface area (Å²) in [5, 5.41) is 12.6. The Balaban J connectivity index is 2.01. The van der Waals surface area contributed by atoms with E-state index in [-0.39, 0.29) is 11.3 Å². The van der Waals surface area contributed by atoms with Crippen molar-refractivity contribution in [1.29, 1.82) is 0 Å². The summed E-state index contributed by atoms with van der Waals surface area (Å²) in [5.41, 5.74) is 1.65. The van der Waals surface area contributed by atoms with Gasteiger partial charge in [0.2, 0.25) is 0 Å². The zero-order valence-electron chi connectivity index (χ0n) is 9.87. The number of hydrogen-bond donors (Lipinski definition) is 2. The van der Waals surface area contributed by atoms with Crippen molar-refractivity contribution in [1.82, 2.24) is 13.7 Å². The van der Waals surface area contributed by atoms with E-state index in [1.165, 1.54) is 18.5 Å². The number of nitrogens with zero attached hydrogens (tertiary/aromatic N) is 3. The molecule has 3 aromatic rings.